The van der Waals surface area contributed by atoms with Gasteiger partial charge in [-0.25, -0.2) is 4.98 Å². The third kappa shape index (κ3) is 4.00. The normalized spacial score (nSPS) is 11.5. The molecule has 0 spiro atoms. The molecular formula is C40H24N6. The van der Waals surface area contributed by atoms with Crippen molar-refractivity contribution in [3.8, 4) is 40.2 Å². The topological polar surface area (TPSA) is 72.3 Å². The summed E-state index contributed by atoms with van der Waals surface area (Å²) >= 11 is 0. The van der Waals surface area contributed by atoms with E-state index in [2.05, 4.69) is 98.0 Å². The Labute approximate surface area is 264 Å². The van der Waals surface area contributed by atoms with Crippen LogP contribution in [-0.4, -0.2) is 24.1 Å². The van der Waals surface area contributed by atoms with Crippen molar-refractivity contribution >= 4 is 43.6 Å². The van der Waals surface area contributed by atoms with Crippen LogP contribution in [0, 0.1) is 11.3 Å². The molecule has 6 nitrogen and oxygen atoms in total. The van der Waals surface area contributed by atoms with Crippen molar-refractivity contribution in [3.05, 3.63) is 151 Å². The highest BCUT2D eigenvalue weighted by Crippen LogP contribution is 2.37. The first kappa shape index (κ1) is 25.9. The second kappa shape index (κ2) is 10.3. The van der Waals surface area contributed by atoms with Gasteiger partial charge in [0.25, 0.3) is 0 Å². The van der Waals surface area contributed by atoms with Crippen molar-refractivity contribution in [2.45, 2.75) is 0 Å². The number of benzene rings is 4. The summed E-state index contributed by atoms with van der Waals surface area (Å²) in [7, 11) is 0. The van der Waals surface area contributed by atoms with Gasteiger partial charge in [-0.05, 0) is 72.8 Å². The summed E-state index contributed by atoms with van der Waals surface area (Å²) in [5, 5.41) is 14.7. The Morgan fingerprint density at radius 3 is 1.37 bits per heavy atom. The SMILES string of the molecule is N#Cc1cc(-n2c3ccccc3c3cc(-c4ccccn4)ccc32)nc(-n2c3ccccc3c3cc(-c4ccccn4)ccc32)c1. The largest absolute Gasteiger partial charge is 0.294 e. The Balaban J connectivity index is 1.29. The number of nitrogens with zero attached hydrogens (tertiary/aromatic N) is 6. The second-order valence-electron chi connectivity index (χ2n) is 11.3. The van der Waals surface area contributed by atoms with Gasteiger partial charge in [-0.1, -0.05) is 60.7 Å². The molecule has 6 heteroatoms. The van der Waals surface area contributed by atoms with Crippen molar-refractivity contribution in [2.75, 3.05) is 0 Å². The van der Waals surface area contributed by atoms with Crippen molar-refractivity contribution in [1.82, 2.24) is 24.1 Å². The molecule has 5 aromatic heterocycles. The Hall–Kier alpha value is -6.58. The average Bonchev–Trinajstić information content (AvgIpc) is 3.64. The first-order valence-electron chi connectivity index (χ1n) is 15.1. The summed E-state index contributed by atoms with van der Waals surface area (Å²) < 4.78 is 4.31. The first-order valence-corrected chi connectivity index (χ1v) is 15.1. The number of pyridine rings is 3. The molecule has 0 radical (unpaired) electrons. The monoisotopic (exact) mass is 588 g/mol. The number of fused-ring (bicyclic) bond motifs is 6. The fraction of sp³-hybridized carbons (Fsp3) is 0. The van der Waals surface area contributed by atoms with Crippen LogP contribution in [0.5, 0.6) is 0 Å². The van der Waals surface area contributed by atoms with Crippen LogP contribution in [0.3, 0.4) is 0 Å². The van der Waals surface area contributed by atoms with Crippen LogP contribution in [0.2, 0.25) is 0 Å². The van der Waals surface area contributed by atoms with Gasteiger partial charge in [-0.3, -0.25) is 19.1 Å². The fourth-order valence-electron chi connectivity index (χ4n) is 6.62. The lowest BCUT2D eigenvalue weighted by Gasteiger charge is -2.13. The third-order valence-electron chi connectivity index (χ3n) is 8.65. The lowest BCUT2D eigenvalue weighted by atomic mass is 10.1. The van der Waals surface area contributed by atoms with Gasteiger partial charge in [0, 0.05) is 45.1 Å². The van der Waals surface area contributed by atoms with E-state index in [1.165, 1.54) is 0 Å². The lowest BCUT2D eigenvalue weighted by Crippen LogP contribution is -2.04. The van der Waals surface area contributed by atoms with Gasteiger partial charge in [0.1, 0.15) is 11.6 Å². The van der Waals surface area contributed by atoms with Gasteiger partial charge in [0.2, 0.25) is 0 Å². The fourth-order valence-corrected chi connectivity index (χ4v) is 6.62. The van der Waals surface area contributed by atoms with Crippen LogP contribution in [-0.2, 0) is 0 Å². The van der Waals surface area contributed by atoms with Crippen LogP contribution in [0.4, 0.5) is 0 Å². The third-order valence-corrected chi connectivity index (χ3v) is 8.65. The second-order valence-corrected chi connectivity index (χ2v) is 11.3. The Morgan fingerprint density at radius 2 is 0.913 bits per heavy atom. The Kier molecular flexibility index (Phi) is 5.77. The van der Waals surface area contributed by atoms with E-state index in [9.17, 15) is 5.26 Å². The minimum Gasteiger partial charge on any atom is -0.294 e. The van der Waals surface area contributed by atoms with Gasteiger partial charge < -0.3 is 0 Å². The quantitative estimate of drug-likeness (QED) is 0.205. The van der Waals surface area contributed by atoms with E-state index in [0.717, 1.165) is 66.1 Å². The van der Waals surface area contributed by atoms with E-state index in [-0.39, 0.29) is 0 Å². The molecule has 0 atom stereocenters. The van der Waals surface area contributed by atoms with Crippen molar-refractivity contribution in [3.63, 3.8) is 0 Å². The maximum atomic E-state index is 10.2. The number of hydrogen-bond donors (Lipinski definition) is 0. The highest BCUT2D eigenvalue weighted by Gasteiger charge is 2.19. The molecule has 0 fully saturated rings. The minimum atomic E-state index is 0.534. The molecule has 0 aliphatic rings. The van der Waals surface area contributed by atoms with Crippen LogP contribution in [0.15, 0.2) is 146 Å². The predicted molar refractivity (Wildman–Crippen MR) is 184 cm³/mol. The summed E-state index contributed by atoms with van der Waals surface area (Å²) in [6.07, 6.45) is 3.63. The summed E-state index contributed by atoms with van der Waals surface area (Å²) in [4.78, 5) is 14.4. The molecule has 0 N–H and O–H groups in total. The molecule has 214 valence electrons. The molecule has 0 aliphatic carbocycles. The van der Waals surface area contributed by atoms with Crippen molar-refractivity contribution in [1.29, 1.82) is 5.26 Å². The zero-order chi connectivity index (χ0) is 30.6. The number of rotatable bonds is 4. The van der Waals surface area contributed by atoms with Crippen LogP contribution in [0.1, 0.15) is 5.56 Å². The maximum Gasteiger partial charge on any atom is 0.141 e. The van der Waals surface area contributed by atoms with E-state index < -0.39 is 0 Å². The first-order chi connectivity index (χ1) is 22.8. The lowest BCUT2D eigenvalue weighted by molar-refractivity contribution is 1.01. The smallest absolute Gasteiger partial charge is 0.141 e. The average molecular weight is 589 g/mol. The molecule has 0 bridgehead atoms. The van der Waals surface area contributed by atoms with E-state index in [0.29, 0.717) is 17.2 Å². The van der Waals surface area contributed by atoms with E-state index in [1.54, 1.807) is 0 Å². The molecule has 0 amide bonds. The highest BCUT2D eigenvalue weighted by atomic mass is 15.1. The maximum absolute atomic E-state index is 10.2. The van der Waals surface area contributed by atoms with Crippen molar-refractivity contribution in [2.24, 2.45) is 0 Å². The van der Waals surface area contributed by atoms with Gasteiger partial charge in [0.15, 0.2) is 0 Å². The van der Waals surface area contributed by atoms with Crippen LogP contribution in [0.25, 0.3) is 77.8 Å². The molecule has 9 rings (SSSR count). The van der Waals surface area contributed by atoms with Gasteiger partial charge in [-0.2, -0.15) is 5.26 Å². The molecule has 0 saturated carbocycles. The Bertz CT molecular complexity index is 2470. The minimum absolute atomic E-state index is 0.534. The zero-order valence-electron chi connectivity index (χ0n) is 24.5. The zero-order valence-corrected chi connectivity index (χ0v) is 24.5. The highest BCUT2D eigenvalue weighted by molar-refractivity contribution is 6.11. The molecule has 0 aliphatic heterocycles. The van der Waals surface area contributed by atoms with Crippen molar-refractivity contribution < 1.29 is 0 Å². The summed E-state index contributed by atoms with van der Waals surface area (Å²) in [6.45, 7) is 0. The molecule has 9 aromatic rings. The van der Waals surface area contributed by atoms with E-state index in [4.69, 9.17) is 4.98 Å². The Morgan fingerprint density at radius 1 is 0.457 bits per heavy atom. The number of aromatic nitrogens is 5. The van der Waals surface area contributed by atoms with Gasteiger partial charge in [0.05, 0.1) is 45.1 Å². The van der Waals surface area contributed by atoms with Gasteiger partial charge in [-0.15, -0.1) is 0 Å². The summed E-state index contributed by atoms with van der Waals surface area (Å²) in [5.41, 5.74) is 8.53. The standard InChI is InChI=1S/C40H24N6/c41-25-26-21-39(45-35-13-3-1-9-29(35)31-23-27(15-17-37(31)45)33-11-5-7-19-42-33)44-40(22-26)46-36-14-4-2-10-30(36)32-24-28(16-18-38(32)46)34-12-6-8-20-43-34/h1-24H. The molecule has 0 unspecified atom stereocenters. The number of hydrogen-bond acceptors (Lipinski definition) is 4. The molecule has 5 heterocycles. The van der Waals surface area contributed by atoms with E-state index >= 15 is 0 Å². The molecular weight excluding hydrogens is 564 g/mol. The van der Waals surface area contributed by atoms with Crippen LogP contribution >= 0.6 is 0 Å². The van der Waals surface area contributed by atoms with Gasteiger partial charge >= 0.3 is 0 Å². The number of nitriles is 1. The molecule has 46 heavy (non-hydrogen) atoms. The van der Waals surface area contributed by atoms with E-state index in [1.807, 2.05) is 73.1 Å². The molecule has 4 aromatic carbocycles. The predicted octanol–water partition coefficient (Wildman–Crippen LogP) is 9.27. The molecule has 0 saturated heterocycles. The summed E-state index contributed by atoms with van der Waals surface area (Å²) in [5.74, 6) is 1.36. The summed E-state index contributed by atoms with van der Waals surface area (Å²) in [6, 6.07) is 47.6. The van der Waals surface area contributed by atoms with Crippen LogP contribution < -0.4 is 0 Å². The number of para-hydroxylation sites is 2.